The fraction of sp³-hybridized carbons (Fsp3) is 0.556. The van der Waals surface area contributed by atoms with Gasteiger partial charge in [-0.3, -0.25) is 0 Å². The minimum atomic E-state index is -3.31. The molecule has 2 rings (SSSR count). The van der Waals surface area contributed by atoms with Crippen molar-refractivity contribution in [3.8, 4) is 0 Å². The minimum absolute atomic E-state index is 0.149. The average Bonchev–Trinajstić information content (AvgIpc) is 2.85. The van der Waals surface area contributed by atoms with E-state index in [4.69, 9.17) is 5.73 Å². The van der Waals surface area contributed by atoms with Gasteiger partial charge in [0.15, 0.2) is 0 Å². The van der Waals surface area contributed by atoms with Crippen molar-refractivity contribution in [1.29, 1.82) is 0 Å². The quantitative estimate of drug-likeness (QED) is 0.831. The van der Waals surface area contributed by atoms with Gasteiger partial charge in [0.1, 0.15) is 0 Å². The van der Waals surface area contributed by atoms with Crippen molar-refractivity contribution in [2.75, 3.05) is 0 Å². The highest BCUT2D eigenvalue weighted by molar-refractivity contribution is 7.89. The fourth-order valence-electron chi connectivity index (χ4n) is 1.38. The molecule has 4 nitrogen and oxygen atoms in total. The molecule has 0 aromatic carbocycles. The molecule has 1 aromatic heterocycles. The molecule has 0 spiro atoms. The van der Waals surface area contributed by atoms with Crippen molar-refractivity contribution >= 4 is 21.4 Å². The predicted molar refractivity (Wildman–Crippen MR) is 60.3 cm³/mol. The highest BCUT2D eigenvalue weighted by atomic mass is 32.2. The number of sulfonamides is 1. The van der Waals surface area contributed by atoms with Gasteiger partial charge in [-0.2, -0.15) is 0 Å². The van der Waals surface area contributed by atoms with Crippen LogP contribution in [0.4, 0.5) is 0 Å². The molecule has 6 heteroatoms. The van der Waals surface area contributed by atoms with Crippen molar-refractivity contribution in [3.05, 3.63) is 15.8 Å². The van der Waals surface area contributed by atoms with Crippen molar-refractivity contribution in [2.24, 2.45) is 5.73 Å². The number of thiophene rings is 1. The first kappa shape index (κ1) is 11.1. The summed E-state index contributed by atoms with van der Waals surface area (Å²) in [5, 5.41) is 0. The van der Waals surface area contributed by atoms with Gasteiger partial charge in [0.05, 0.1) is 4.90 Å². The van der Waals surface area contributed by atoms with Crippen LogP contribution in [0.3, 0.4) is 0 Å². The zero-order valence-electron chi connectivity index (χ0n) is 8.49. The topological polar surface area (TPSA) is 72.2 Å². The number of aryl methyl sites for hydroxylation is 1. The summed E-state index contributed by atoms with van der Waals surface area (Å²) in [5.41, 5.74) is 5.48. The Balaban J connectivity index is 2.30. The lowest BCUT2D eigenvalue weighted by atomic mass is 10.4. The van der Waals surface area contributed by atoms with Gasteiger partial charge in [0, 0.05) is 22.3 Å². The first-order valence-electron chi connectivity index (χ1n) is 4.84. The van der Waals surface area contributed by atoms with Gasteiger partial charge < -0.3 is 5.73 Å². The van der Waals surface area contributed by atoms with Gasteiger partial charge in [0.25, 0.3) is 0 Å². The molecule has 1 heterocycles. The second-order valence-corrected chi connectivity index (χ2v) is 6.76. The van der Waals surface area contributed by atoms with Gasteiger partial charge in [-0.15, -0.1) is 11.3 Å². The summed E-state index contributed by atoms with van der Waals surface area (Å²) in [6, 6.07) is 1.82. The molecule has 0 bridgehead atoms. The lowest BCUT2D eigenvalue weighted by Gasteiger charge is -2.03. The number of rotatable bonds is 4. The first-order valence-corrected chi connectivity index (χ1v) is 7.14. The maximum absolute atomic E-state index is 11.9. The summed E-state index contributed by atoms with van der Waals surface area (Å²) in [4.78, 5) is 2.10. The van der Waals surface area contributed by atoms with Crippen LogP contribution in [0.25, 0.3) is 0 Å². The van der Waals surface area contributed by atoms with Gasteiger partial charge in [-0.25, -0.2) is 13.1 Å². The molecule has 84 valence electrons. The molecule has 1 aliphatic carbocycles. The zero-order valence-corrected chi connectivity index (χ0v) is 10.1. The van der Waals surface area contributed by atoms with Gasteiger partial charge in [-0.05, 0) is 25.8 Å². The van der Waals surface area contributed by atoms with E-state index in [-0.39, 0.29) is 6.04 Å². The monoisotopic (exact) mass is 246 g/mol. The van der Waals surface area contributed by atoms with Gasteiger partial charge in [0.2, 0.25) is 10.0 Å². The van der Waals surface area contributed by atoms with Crippen molar-refractivity contribution in [2.45, 2.75) is 37.2 Å². The molecule has 1 fully saturated rings. The van der Waals surface area contributed by atoms with Crippen LogP contribution in [0.1, 0.15) is 22.6 Å². The minimum Gasteiger partial charge on any atom is -0.326 e. The summed E-state index contributed by atoms with van der Waals surface area (Å²) >= 11 is 1.44. The van der Waals surface area contributed by atoms with E-state index < -0.39 is 10.0 Å². The van der Waals surface area contributed by atoms with E-state index in [2.05, 4.69) is 4.72 Å². The molecule has 0 unspecified atom stereocenters. The smallest absolute Gasteiger partial charge is 0.241 e. The van der Waals surface area contributed by atoms with Crippen molar-refractivity contribution < 1.29 is 8.42 Å². The Morgan fingerprint density at radius 3 is 2.73 bits per heavy atom. The molecule has 0 aliphatic heterocycles. The van der Waals surface area contributed by atoms with E-state index in [9.17, 15) is 8.42 Å². The number of nitrogens with one attached hydrogen (secondary N) is 1. The molecular formula is C9H14N2O2S2. The molecule has 0 atom stereocenters. The Bertz CT molecular complexity index is 460. The van der Waals surface area contributed by atoms with Crippen LogP contribution in [0.2, 0.25) is 0 Å². The SMILES string of the molecule is Cc1sc(CN)cc1S(=O)(=O)NC1CC1. The molecule has 1 saturated carbocycles. The standard InChI is InChI=1S/C9H14N2O2S2/c1-6-9(4-8(5-10)14-6)15(12,13)11-7-2-3-7/h4,7,11H,2-3,5,10H2,1H3. The summed E-state index contributed by atoms with van der Waals surface area (Å²) in [7, 11) is -3.31. The van der Waals surface area contributed by atoms with Gasteiger partial charge >= 0.3 is 0 Å². The molecule has 0 saturated heterocycles. The van der Waals surface area contributed by atoms with E-state index in [0.717, 1.165) is 22.6 Å². The van der Waals surface area contributed by atoms with E-state index in [1.54, 1.807) is 6.07 Å². The largest absolute Gasteiger partial charge is 0.326 e. The molecule has 3 N–H and O–H groups in total. The van der Waals surface area contributed by atoms with E-state index in [1.165, 1.54) is 11.3 Å². The summed E-state index contributed by atoms with van der Waals surface area (Å²) < 4.78 is 26.4. The lowest BCUT2D eigenvalue weighted by molar-refractivity contribution is 0.581. The highest BCUT2D eigenvalue weighted by Gasteiger charge is 2.29. The second kappa shape index (κ2) is 3.86. The lowest BCUT2D eigenvalue weighted by Crippen LogP contribution is -2.25. The molecule has 0 radical (unpaired) electrons. The Morgan fingerprint density at radius 1 is 1.60 bits per heavy atom. The summed E-state index contributed by atoms with van der Waals surface area (Å²) in [6.07, 6.45) is 1.90. The molecule has 1 aliphatic rings. The highest BCUT2D eigenvalue weighted by Crippen LogP contribution is 2.28. The van der Waals surface area contributed by atoms with Crippen LogP contribution in [0.15, 0.2) is 11.0 Å². The third-order valence-electron chi connectivity index (χ3n) is 2.31. The Kier molecular flexibility index (Phi) is 2.85. The van der Waals surface area contributed by atoms with Crippen LogP contribution in [0, 0.1) is 6.92 Å². The van der Waals surface area contributed by atoms with E-state index in [1.807, 2.05) is 6.92 Å². The molecule has 1 aromatic rings. The van der Waals surface area contributed by atoms with Crippen molar-refractivity contribution in [3.63, 3.8) is 0 Å². The first-order chi connectivity index (χ1) is 7.03. The third kappa shape index (κ3) is 2.39. The number of hydrogen-bond donors (Lipinski definition) is 2. The summed E-state index contributed by atoms with van der Waals surface area (Å²) in [5.74, 6) is 0. The maximum Gasteiger partial charge on any atom is 0.241 e. The third-order valence-corrected chi connectivity index (χ3v) is 5.16. The second-order valence-electron chi connectivity index (χ2n) is 3.73. The fourth-order valence-corrected chi connectivity index (χ4v) is 4.19. The zero-order chi connectivity index (χ0) is 11.1. The van der Waals surface area contributed by atoms with Crippen LogP contribution < -0.4 is 10.5 Å². The average molecular weight is 246 g/mol. The molecule has 15 heavy (non-hydrogen) atoms. The Morgan fingerprint density at radius 2 is 2.27 bits per heavy atom. The maximum atomic E-state index is 11.9. The van der Waals surface area contributed by atoms with E-state index in [0.29, 0.717) is 11.4 Å². The van der Waals surface area contributed by atoms with E-state index >= 15 is 0 Å². The summed E-state index contributed by atoms with van der Waals surface area (Å²) in [6.45, 7) is 2.20. The van der Waals surface area contributed by atoms with Crippen LogP contribution in [-0.2, 0) is 16.6 Å². The normalized spacial score (nSPS) is 16.9. The number of nitrogens with two attached hydrogens (primary N) is 1. The Hall–Kier alpha value is -0.430. The predicted octanol–water partition coefficient (Wildman–Crippen LogP) is 0.956. The number of hydrogen-bond acceptors (Lipinski definition) is 4. The van der Waals surface area contributed by atoms with Gasteiger partial charge in [-0.1, -0.05) is 0 Å². The molecular weight excluding hydrogens is 232 g/mol. The van der Waals surface area contributed by atoms with Crippen LogP contribution >= 0.6 is 11.3 Å². The Labute approximate surface area is 93.5 Å². The van der Waals surface area contributed by atoms with Crippen molar-refractivity contribution in [1.82, 2.24) is 4.72 Å². The molecule has 0 amide bonds. The van der Waals surface area contributed by atoms with Crippen LogP contribution in [-0.4, -0.2) is 14.5 Å². The van der Waals surface area contributed by atoms with Crippen LogP contribution in [0.5, 0.6) is 0 Å².